The van der Waals surface area contributed by atoms with Crippen molar-refractivity contribution in [3.05, 3.63) is 24.3 Å². The van der Waals surface area contributed by atoms with Gasteiger partial charge in [-0.15, -0.1) is 0 Å². The molecule has 0 bridgehead atoms. The van der Waals surface area contributed by atoms with Gasteiger partial charge in [0.1, 0.15) is 5.50 Å². The van der Waals surface area contributed by atoms with E-state index in [4.69, 9.17) is 5.73 Å². The van der Waals surface area contributed by atoms with E-state index in [9.17, 15) is 0 Å². The van der Waals surface area contributed by atoms with Crippen LogP contribution in [0.3, 0.4) is 0 Å². The first-order chi connectivity index (χ1) is 5.29. The minimum Gasteiger partial charge on any atom is -0.349 e. The van der Waals surface area contributed by atoms with E-state index in [1.165, 1.54) is 10.6 Å². The van der Waals surface area contributed by atoms with Crippen molar-refractivity contribution in [2.24, 2.45) is 5.73 Å². The zero-order valence-electron chi connectivity index (χ0n) is 6.32. The summed E-state index contributed by atoms with van der Waals surface area (Å²) >= 11 is 1.70. The van der Waals surface area contributed by atoms with E-state index in [1.807, 2.05) is 19.2 Å². The molecular weight excluding hydrogens is 156 g/mol. The first-order valence-corrected chi connectivity index (χ1v) is 4.41. The van der Waals surface area contributed by atoms with E-state index in [-0.39, 0.29) is 5.50 Å². The predicted molar refractivity (Wildman–Crippen MR) is 48.7 cm³/mol. The summed E-state index contributed by atoms with van der Waals surface area (Å²) in [5.41, 5.74) is 7.15. The predicted octanol–water partition coefficient (Wildman–Crippen LogP) is 1.47. The summed E-state index contributed by atoms with van der Waals surface area (Å²) < 4.78 is 0. The fourth-order valence-corrected chi connectivity index (χ4v) is 2.22. The molecule has 0 aromatic heterocycles. The molecule has 0 unspecified atom stereocenters. The number of nitrogens with two attached hydrogens (primary N) is 1. The second-order valence-corrected chi connectivity index (χ2v) is 3.75. The third-order valence-corrected chi connectivity index (χ3v) is 3.03. The number of nitrogens with zero attached hydrogens (tertiary/aromatic N) is 1. The minimum absolute atomic E-state index is 0.0902. The highest BCUT2D eigenvalue weighted by Crippen LogP contribution is 2.39. The monoisotopic (exact) mass is 166 g/mol. The molecule has 0 saturated carbocycles. The summed E-state index contributed by atoms with van der Waals surface area (Å²) in [4.78, 5) is 3.36. The van der Waals surface area contributed by atoms with E-state index < -0.39 is 0 Å². The first-order valence-electron chi connectivity index (χ1n) is 3.53. The molecule has 1 aliphatic heterocycles. The zero-order chi connectivity index (χ0) is 7.84. The van der Waals surface area contributed by atoms with Gasteiger partial charge in [-0.25, -0.2) is 0 Å². The van der Waals surface area contributed by atoms with Crippen LogP contribution in [-0.2, 0) is 0 Å². The second-order valence-electron chi connectivity index (χ2n) is 2.59. The first kappa shape index (κ1) is 7.00. The molecule has 3 heteroatoms. The molecule has 1 heterocycles. The van der Waals surface area contributed by atoms with Crippen LogP contribution < -0.4 is 10.6 Å². The normalized spacial score (nSPS) is 22.0. The number of para-hydroxylation sites is 1. The Morgan fingerprint density at radius 3 is 2.91 bits per heavy atom. The molecular formula is C8H10N2S. The lowest BCUT2D eigenvalue weighted by atomic mass is 10.3. The molecule has 0 aliphatic carbocycles. The van der Waals surface area contributed by atoms with Crippen LogP contribution in [0.2, 0.25) is 0 Å². The summed E-state index contributed by atoms with van der Waals surface area (Å²) in [5, 5.41) is 0. The van der Waals surface area contributed by atoms with Gasteiger partial charge in [-0.05, 0) is 12.1 Å². The van der Waals surface area contributed by atoms with Crippen molar-refractivity contribution in [3.63, 3.8) is 0 Å². The van der Waals surface area contributed by atoms with Gasteiger partial charge in [0.15, 0.2) is 0 Å². The Bertz CT molecular complexity index is 275. The maximum Gasteiger partial charge on any atom is 0.130 e. The molecule has 0 amide bonds. The van der Waals surface area contributed by atoms with Gasteiger partial charge in [-0.2, -0.15) is 0 Å². The summed E-state index contributed by atoms with van der Waals surface area (Å²) in [6, 6.07) is 8.27. The zero-order valence-corrected chi connectivity index (χ0v) is 7.14. The van der Waals surface area contributed by atoms with Gasteiger partial charge in [0, 0.05) is 11.9 Å². The fraction of sp³-hybridized carbons (Fsp3) is 0.250. The number of benzene rings is 1. The number of hydrogen-bond donors (Lipinski definition) is 1. The van der Waals surface area contributed by atoms with Gasteiger partial charge >= 0.3 is 0 Å². The average Bonchev–Trinajstić information content (AvgIpc) is 2.30. The molecule has 1 aromatic rings. The Hall–Kier alpha value is -0.670. The van der Waals surface area contributed by atoms with Crippen LogP contribution in [0.25, 0.3) is 0 Å². The van der Waals surface area contributed by atoms with Crippen LogP contribution in [-0.4, -0.2) is 12.5 Å². The number of anilines is 1. The Morgan fingerprint density at radius 2 is 2.18 bits per heavy atom. The molecule has 0 spiro atoms. The Morgan fingerprint density at radius 1 is 1.45 bits per heavy atom. The largest absolute Gasteiger partial charge is 0.349 e. The summed E-state index contributed by atoms with van der Waals surface area (Å²) in [7, 11) is 2.02. The van der Waals surface area contributed by atoms with Crippen LogP contribution in [0.4, 0.5) is 5.69 Å². The van der Waals surface area contributed by atoms with Crippen LogP contribution in [0, 0.1) is 0 Å². The van der Waals surface area contributed by atoms with E-state index >= 15 is 0 Å². The van der Waals surface area contributed by atoms with Crippen LogP contribution in [0.1, 0.15) is 0 Å². The quantitative estimate of drug-likeness (QED) is 0.633. The van der Waals surface area contributed by atoms with Gasteiger partial charge in [0.25, 0.3) is 0 Å². The van der Waals surface area contributed by atoms with Crippen molar-refractivity contribution in [1.82, 2.24) is 0 Å². The molecule has 0 fully saturated rings. The maximum absolute atomic E-state index is 5.82. The minimum atomic E-state index is 0.0902. The summed E-state index contributed by atoms with van der Waals surface area (Å²) in [5.74, 6) is 0. The van der Waals surface area contributed by atoms with Gasteiger partial charge < -0.3 is 10.6 Å². The Kier molecular flexibility index (Phi) is 1.55. The number of thioether (sulfide) groups is 1. The third kappa shape index (κ3) is 1.01. The third-order valence-electron chi connectivity index (χ3n) is 1.87. The van der Waals surface area contributed by atoms with Crippen molar-refractivity contribution in [2.75, 3.05) is 11.9 Å². The highest BCUT2D eigenvalue weighted by Gasteiger charge is 2.22. The van der Waals surface area contributed by atoms with Crippen molar-refractivity contribution < 1.29 is 0 Å². The van der Waals surface area contributed by atoms with Crippen molar-refractivity contribution in [1.29, 1.82) is 0 Å². The Labute approximate surface area is 70.4 Å². The summed E-state index contributed by atoms with van der Waals surface area (Å²) in [6.07, 6.45) is 0. The molecule has 1 atom stereocenters. The van der Waals surface area contributed by atoms with Gasteiger partial charge in [-0.3, -0.25) is 0 Å². The lowest BCUT2D eigenvalue weighted by Crippen LogP contribution is -2.32. The second kappa shape index (κ2) is 2.43. The van der Waals surface area contributed by atoms with Crippen molar-refractivity contribution in [3.8, 4) is 0 Å². The molecule has 11 heavy (non-hydrogen) atoms. The topological polar surface area (TPSA) is 29.3 Å². The van der Waals surface area contributed by atoms with Crippen LogP contribution in [0.15, 0.2) is 29.2 Å². The molecule has 2 N–H and O–H groups in total. The SMILES string of the molecule is CN1c2ccccc2S[C@@H]1N. The van der Waals surface area contributed by atoms with Gasteiger partial charge in [-0.1, -0.05) is 23.9 Å². The van der Waals surface area contributed by atoms with Gasteiger partial charge in [0.05, 0.1) is 5.69 Å². The maximum atomic E-state index is 5.82. The molecule has 1 aliphatic rings. The van der Waals surface area contributed by atoms with Crippen molar-refractivity contribution in [2.45, 2.75) is 10.4 Å². The lowest BCUT2D eigenvalue weighted by Gasteiger charge is -2.16. The van der Waals surface area contributed by atoms with E-state index in [2.05, 4.69) is 17.0 Å². The van der Waals surface area contributed by atoms with Crippen LogP contribution >= 0.6 is 11.8 Å². The van der Waals surface area contributed by atoms with E-state index in [0.29, 0.717) is 0 Å². The van der Waals surface area contributed by atoms with E-state index in [1.54, 1.807) is 11.8 Å². The number of hydrogen-bond acceptors (Lipinski definition) is 3. The molecule has 0 radical (unpaired) electrons. The highest BCUT2D eigenvalue weighted by atomic mass is 32.2. The number of fused-ring (bicyclic) bond motifs is 1. The Balaban J connectivity index is 2.47. The molecule has 58 valence electrons. The molecule has 1 aromatic carbocycles. The fourth-order valence-electron chi connectivity index (χ4n) is 1.19. The lowest BCUT2D eigenvalue weighted by molar-refractivity contribution is 0.887. The average molecular weight is 166 g/mol. The standard InChI is InChI=1S/C8H10N2S/c1-10-6-4-2-3-5-7(6)11-8(10)9/h2-5,8H,9H2,1H3/t8-/m1/s1. The van der Waals surface area contributed by atoms with Crippen molar-refractivity contribution >= 4 is 17.4 Å². The number of rotatable bonds is 0. The molecule has 2 nitrogen and oxygen atoms in total. The summed E-state index contributed by atoms with van der Waals surface area (Å²) in [6.45, 7) is 0. The smallest absolute Gasteiger partial charge is 0.130 e. The van der Waals surface area contributed by atoms with Gasteiger partial charge in [0.2, 0.25) is 0 Å². The van der Waals surface area contributed by atoms with E-state index in [0.717, 1.165) is 0 Å². The highest BCUT2D eigenvalue weighted by molar-refractivity contribution is 8.00. The molecule has 2 rings (SSSR count). The molecule has 0 saturated heterocycles. The van der Waals surface area contributed by atoms with Crippen LogP contribution in [0.5, 0.6) is 0 Å².